The first-order valence-corrected chi connectivity index (χ1v) is 1.82. The minimum atomic E-state index is -2.07. The summed E-state index contributed by atoms with van der Waals surface area (Å²) in [4.78, 5) is 0. The molecule has 0 saturated carbocycles. The topological polar surface area (TPSA) is 21.3 Å². The van der Waals surface area contributed by atoms with Crippen molar-refractivity contribution in [3.05, 3.63) is 12.0 Å². The first-order valence-electron chi connectivity index (χ1n) is 1.82. The van der Waals surface area contributed by atoms with Crippen molar-refractivity contribution < 1.29 is 17.8 Å². The van der Waals surface area contributed by atoms with Gasteiger partial charge in [-0.3, -0.25) is 4.32 Å². The van der Waals surface area contributed by atoms with Crippen LogP contribution in [0.15, 0.2) is 12.0 Å². The Kier molecular flexibility index (Phi) is 1.07. The molecule has 0 aromatic rings. The van der Waals surface area contributed by atoms with E-state index in [4.69, 9.17) is 0 Å². The monoisotopic (exact) mass is 123 g/mol. The van der Waals surface area contributed by atoms with E-state index in [0.29, 0.717) is 0 Å². The predicted octanol–water partition coefficient (Wildman–Crippen LogP) is 0.626. The Bertz CT molecular complexity index is 123. The zero-order valence-corrected chi connectivity index (χ0v) is 3.62. The average Bonchev–Trinajstić information content (AvgIpc) is 1.85. The largest absolute Gasteiger partial charge is 0.706 e. The highest BCUT2D eigenvalue weighted by molar-refractivity contribution is 6.42. The Hall–Kier alpha value is -0.805. The maximum atomic E-state index is 11.6. The molecule has 0 bridgehead atoms. The van der Waals surface area contributed by atoms with Gasteiger partial charge in [-0.05, 0) is 0 Å². The fourth-order valence-electron chi connectivity index (χ4n) is 0.328. The summed E-state index contributed by atoms with van der Waals surface area (Å²) in [6, 6.07) is -1.53. The van der Waals surface area contributed by atoms with Crippen molar-refractivity contribution in [2.75, 3.05) is 0 Å². The van der Waals surface area contributed by atoms with Crippen molar-refractivity contribution in [2.45, 2.75) is 0 Å². The molecule has 1 aliphatic rings. The molecule has 2 nitrogen and oxygen atoms in total. The van der Waals surface area contributed by atoms with Crippen LogP contribution >= 0.6 is 0 Å². The Labute approximate surface area is 43.5 Å². The van der Waals surface area contributed by atoms with Crippen LogP contribution in [0.4, 0.5) is 13.1 Å². The van der Waals surface area contributed by atoms with Crippen LogP contribution in [0.1, 0.15) is 0 Å². The number of nitrogens with one attached hydrogen (secondary N) is 1. The minimum Gasteiger partial charge on any atom is -0.490 e. The molecule has 0 atom stereocenters. The summed E-state index contributed by atoms with van der Waals surface area (Å²) in [6.45, 7) is 0. The van der Waals surface area contributed by atoms with Crippen LogP contribution in [-0.4, -0.2) is 7.33 Å². The van der Waals surface area contributed by atoms with Gasteiger partial charge in [0.15, 0.2) is 0 Å². The molecule has 0 aliphatic carbocycles. The first kappa shape index (κ1) is 5.33. The van der Waals surface area contributed by atoms with Gasteiger partial charge in [0.25, 0.3) is 5.95 Å². The molecular weight excluding hydrogens is 122 g/mol. The lowest BCUT2D eigenvalue weighted by atomic mass is 10.2. The van der Waals surface area contributed by atoms with Crippen LogP contribution in [0.5, 0.6) is 0 Å². The van der Waals surface area contributed by atoms with Gasteiger partial charge in [-0.2, -0.15) is 8.78 Å². The van der Waals surface area contributed by atoms with Gasteiger partial charge in [0.05, 0.1) is 0 Å². The van der Waals surface area contributed by atoms with Gasteiger partial charge in [0.1, 0.15) is 0 Å². The lowest BCUT2D eigenvalue weighted by molar-refractivity contribution is 0.285. The molecule has 0 radical (unpaired) electrons. The maximum Gasteiger partial charge on any atom is 0.706 e. The van der Waals surface area contributed by atoms with E-state index in [2.05, 4.69) is 4.65 Å². The smallest absolute Gasteiger partial charge is 0.490 e. The Morgan fingerprint density at radius 1 is 1.50 bits per heavy atom. The molecule has 0 aromatic carbocycles. The van der Waals surface area contributed by atoms with E-state index in [1.54, 1.807) is 0 Å². The van der Waals surface area contributed by atoms with Crippen LogP contribution in [0.25, 0.3) is 0 Å². The van der Waals surface area contributed by atoms with Crippen molar-refractivity contribution >= 4 is 7.33 Å². The Morgan fingerprint density at radius 3 is 2.25 bits per heavy atom. The highest BCUT2D eigenvalue weighted by Gasteiger charge is 2.32. The molecule has 0 spiro atoms. The van der Waals surface area contributed by atoms with Gasteiger partial charge < -0.3 is 9.88 Å². The Morgan fingerprint density at radius 2 is 2.12 bits per heavy atom. The first-order chi connectivity index (χ1) is 3.70. The molecule has 44 valence electrons. The molecule has 1 rings (SSSR count). The van der Waals surface area contributed by atoms with Gasteiger partial charge in [0, 0.05) is 0 Å². The second-order valence-corrected chi connectivity index (χ2v) is 1.17. The summed E-state index contributed by atoms with van der Waals surface area (Å²) < 4.78 is 38.2. The summed E-state index contributed by atoms with van der Waals surface area (Å²) in [6.07, 6.45) is 0. The molecule has 6 heteroatoms. The van der Waals surface area contributed by atoms with E-state index < -0.39 is 19.3 Å². The fraction of sp³-hybridized carbons (Fsp3) is 0. The minimum absolute atomic E-state index is 1.39. The SMILES string of the molecule is FB1NC(F)=C(F)O1. The van der Waals surface area contributed by atoms with Gasteiger partial charge >= 0.3 is 13.3 Å². The second kappa shape index (κ2) is 1.61. The molecule has 0 aromatic heterocycles. The quantitative estimate of drug-likeness (QED) is 0.376. The Balaban J connectivity index is 2.60. The normalized spacial score (nSPS) is 18.6. The molecular formula is C2HBF3NO. The number of hydrogen-bond acceptors (Lipinski definition) is 2. The van der Waals surface area contributed by atoms with Gasteiger partial charge in [0.2, 0.25) is 0 Å². The third-order valence-corrected chi connectivity index (χ3v) is 0.620. The zero-order chi connectivity index (χ0) is 6.15. The van der Waals surface area contributed by atoms with E-state index >= 15 is 0 Å². The molecule has 0 unspecified atom stereocenters. The fourth-order valence-corrected chi connectivity index (χ4v) is 0.328. The van der Waals surface area contributed by atoms with E-state index in [1.807, 2.05) is 0 Å². The average molecular weight is 123 g/mol. The molecule has 0 saturated heterocycles. The molecule has 1 heterocycles. The maximum absolute atomic E-state index is 11.6. The van der Waals surface area contributed by atoms with Crippen LogP contribution in [-0.2, 0) is 4.65 Å². The second-order valence-electron chi connectivity index (χ2n) is 1.17. The molecule has 1 aliphatic heterocycles. The lowest BCUT2D eigenvalue weighted by Gasteiger charge is -1.88. The number of rotatable bonds is 0. The van der Waals surface area contributed by atoms with E-state index in [9.17, 15) is 13.1 Å². The summed E-state index contributed by atoms with van der Waals surface area (Å²) in [5, 5.41) is 1.42. The zero-order valence-electron chi connectivity index (χ0n) is 3.62. The van der Waals surface area contributed by atoms with Crippen LogP contribution < -0.4 is 5.23 Å². The summed E-state index contributed by atoms with van der Waals surface area (Å²) in [5.41, 5.74) is 0. The third-order valence-electron chi connectivity index (χ3n) is 0.620. The van der Waals surface area contributed by atoms with E-state index in [1.165, 1.54) is 5.23 Å². The lowest BCUT2D eigenvalue weighted by Crippen LogP contribution is -2.22. The molecule has 0 fully saturated rings. The van der Waals surface area contributed by atoms with E-state index in [-0.39, 0.29) is 0 Å². The molecule has 0 amide bonds. The van der Waals surface area contributed by atoms with E-state index in [0.717, 1.165) is 0 Å². The van der Waals surface area contributed by atoms with Gasteiger partial charge in [-0.25, -0.2) is 0 Å². The highest BCUT2D eigenvalue weighted by atomic mass is 19.2. The summed E-state index contributed by atoms with van der Waals surface area (Å²) in [7, 11) is -2.07. The van der Waals surface area contributed by atoms with Crippen molar-refractivity contribution in [1.82, 2.24) is 5.23 Å². The third kappa shape index (κ3) is 0.729. The summed E-state index contributed by atoms with van der Waals surface area (Å²) >= 11 is 0. The van der Waals surface area contributed by atoms with Crippen molar-refractivity contribution in [3.8, 4) is 0 Å². The summed E-state index contributed by atoms with van der Waals surface area (Å²) in [5.74, 6) is -1.39. The van der Waals surface area contributed by atoms with Crippen LogP contribution in [0, 0.1) is 0 Å². The van der Waals surface area contributed by atoms with Crippen molar-refractivity contribution in [2.24, 2.45) is 0 Å². The van der Waals surface area contributed by atoms with Crippen molar-refractivity contribution in [1.29, 1.82) is 0 Å². The number of hydrogen-bond donors (Lipinski definition) is 1. The molecule has 1 N–H and O–H groups in total. The molecule has 8 heavy (non-hydrogen) atoms. The standard InChI is InChI=1S/C2HBF3NO/c4-1-2(5)8-3(6)7-1/h7H. The number of halogens is 3. The van der Waals surface area contributed by atoms with Crippen LogP contribution in [0.3, 0.4) is 0 Å². The van der Waals surface area contributed by atoms with Gasteiger partial charge in [-0.1, -0.05) is 0 Å². The van der Waals surface area contributed by atoms with Crippen LogP contribution in [0.2, 0.25) is 0 Å². The predicted molar refractivity (Wildman–Crippen MR) is 20.3 cm³/mol. The van der Waals surface area contributed by atoms with Crippen molar-refractivity contribution in [3.63, 3.8) is 0 Å². The highest BCUT2D eigenvalue weighted by Crippen LogP contribution is 2.14. The van der Waals surface area contributed by atoms with Gasteiger partial charge in [-0.15, -0.1) is 0 Å².